The average Bonchev–Trinajstić information content (AvgIpc) is 2.67. The van der Waals surface area contributed by atoms with Crippen LogP contribution in [0.2, 0.25) is 0 Å². The number of alkyl carbamates (subject to hydrolysis) is 1. The Bertz CT molecular complexity index is 608. The Morgan fingerprint density at radius 3 is 2.46 bits per heavy atom. The summed E-state index contributed by atoms with van der Waals surface area (Å²) in [5.74, 6) is -1.67. The zero-order valence-corrected chi connectivity index (χ0v) is 16.2. The van der Waals surface area contributed by atoms with Gasteiger partial charge in [-0.1, -0.05) is 62.9 Å². The van der Waals surface area contributed by atoms with Crippen molar-refractivity contribution in [1.82, 2.24) is 10.6 Å². The van der Waals surface area contributed by atoms with Crippen molar-refractivity contribution in [3.05, 3.63) is 35.9 Å². The Morgan fingerprint density at radius 2 is 1.82 bits per heavy atom. The van der Waals surface area contributed by atoms with Gasteiger partial charge < -0.3 is 25.6 Å². The number of nitrogens with one attached hydrogen (secondary N) is 2. The van der Waals surface area contributed by atoms with Crippen molar-refractivity contribution in [1.29, 1.82) is 0 Å². The molecule has 0 saturated heterocycles. The van der Waals surface area contributed by atoms with E-state index in [4.69, 9.17) is 4.74 Å². The molecule has 1 aromatic carbocycles. The fourth-order valence-electron chi connectivity index (χ4n) is 2.55. The predicted molar refractivity (Wildman–Crippen MR) is 104 cm³/mol. The Kier molecular flexibility index (Phi) is 11.3. The average molecular weight is 394 g/mol. The zero-order chi connectivity index (χ0) is 20.8. The third-order valence-corrected chi connectivity index (χ3v) is 4.10. The first-order valence-corrected chi connectivity index (χ1v) is 9.57. The molecule has 0 aliphatic carbocycles. The maximum absolute atomic E-state index is 11.9. The first kappa shape index (κ1) is 23.4. The monoisotopic (exact) mass is 394 g/mol. The molecule has 0 aliphatic rings. The second-order valence-electron chi connectivity index (χ2n) is 6.61. The molecule has 0 unspecified atom stereocenters. The van der Waals surface area contributed by atoms with E-state index in [1.54, 1.807) is 0 Å². The van der Waals surface area contributed by atoms with Gasteiger partial charge in [0.25, 0.3) is 0 Å². The van der Waals surface area contributed by atoms with Crippen LogP contribution in [0.25, 0.3) is 0 Å². The third kappa shape index (κ3) is 10.5. The summed E-state index contributed by atoms with van der Waals surface area (Å²) in [6, 6.07) is 8.16. The second-order valence-corrected chi connectivity index (χ2v) is 6.61. The van der Waals surface area contributed by atoms with Crippen molar-refractivity contribution in [2.24, 2.45) is 0 Å². The van der Waals surface area contributed by atoms with Crippen LogP contribution < -0.4 is 10.6 Å². The number of aliphatic carboxylic acids is 1. The molecular formula is C20H30N2O6. The van der Waals surface area contributed by atoms with Gasteiger partial charge in [0.1, 0.15) is 12.6 Å². The molecule has 0 radical (unpaired) electrons. The van der Waals surface area contributed by atoms with E-state index in [0.717, 1.165) is 24.8 Å². The van der Waals surface area contributed by atoms with E-state index in [1.807, 2.05) is 30.3 Å². The lowest BCUT2D eigenvalue weighted by atomic mass is 10.1. The molecule has 0 saturated carbocycles. The van der Waals surface area contributed by atoms with Crippen molar-refractivity contribution in [2.75, 3.05) is 6.54 Å². The number of aliphatic hydroxyl groups excluding tert-OH is 1. The molecule has 28 heavy (non-hydrogen) atoms. The highest BCUT2D eigenvalue weighted by Gasteiger charge is 2.21. The van der Waals surface area contributed by atoms with Crippen molar-refractivity contribution >= 4 is 18.0 Å². The number of ether oxygens (including phenoxy) is 1. The molecule has 156 valence electrons. The summed E-state index contributed by atoms with van der Waals surface area (Å²) in [5, 5.41) is 23.9. The molecule has 0 bridgehead atoms. The number of carboxylic acids is 1. The molecular weight excluding hydrogens is 364 g/mol. The third-order valence-electron chi connectivity index (χ3n) is 4.10. The Labute approximate surface area is 165 Å². The van der Waals surface area contributed by atoms with E-state index in [0.29, 0.717) is 12.8 Å². The van der Waals surface area contributed by atoms with Crippen LogP contribution in [0, 0.1) is 0 Å². The van der Waals surface area contributed by atoms with Gasteiger partial charge in [-0.3, -0.25) is 4.79 Å². The molecule has 8 nitrogen and oxygen atoms in total. The molecule has 1 rings (SSSR count). The molecule has 4 N–H and O–H groups in total. The fourth-order valence-corrected chi connectivity index (χ4v) is 2.55. The van der Waals surface area contributed by atoms with E-state index < -0.39 is 30.1 Å². The van der Waals surface area contributed by atoms with E-state index in [1.165, 1.54) is 0 Å². The van der Waals surface area contributed by atoms with Crippen LogP contribution in [0.15, 0.2) is 30.3 Å². The van der Waals surface area contributed by atoms with Gasteiger partial charge >= 0.3 is 12.1 Å². The molecule has 1 aromatic rings. The molecule has 0 heterocycles. The summed E-state index contributed by atoms with van der Waals surface area (Å²) in [6.07, 6.45) is 1.87. The highest BCUT2D eigenvalue weighted by atomic mass is 16.5. The first-order chi connectivity index (χ1) is 13.4. The summed E-state index contributed by atoms with van der Waals surface area (Å²) in [7, 11) is 0. The minimum atomic E-state index is -1.14. The van der Waals surface area contributed by atoms with E-state index >= 15 is 0 Å². The summed E-state index contributed by atoms with van der Waals surface area (Å²) in [6.45, 7) is 1.99. The van der Waals surface area contributed by atoms with Crippen LogP contribution in [0.4, 0.5) is 4.79 Å². The SMILES string of the molecule is CCCCCC[C@H](NC(=O)C[C@H](O)CNC(=O)OCc1ccccc1)C(=O)O. The number of hydrogen-bond donors (Lipinski definition) is 4. The van der Waals surface area contributed by atoms with E-state index in [-0.39, 0.29) is 19.6 Å². The van der Waals surface area contributed by atoms with Gasteiger partial charge in [-0.15, -0.1) is 0 Å². The fraction of sp³-hybridized carbons (Fsp3) is 0.550. The Balaban J connectivity index is 2.26. The smallest absolute Gasteiger partial charge is 0.407 e. The van der Waals surface area contributed by atoms with Crippen LogP contribution in [0.1, 0.15) is 51.0 Å². The molecule has 2 amide bonds. The highest BCUT2D eigenvalue weighted by molar-refractivity contribution is 5.83. The minimum absolute atomic E-state index is 0.0988. The molecule has 0 fully saturated rings. The molecule has 0 aliphatic heterocycles. The standard InChI is InChI=1S/C20H30N2O6/c1-2-3-4-8-11-17(19(25)26)22-18(24)12-16(23)13-21-20(27)28-14-15-9-6-5-7-10-15/h5-7,9-10,16-17,23H,2-4,8,11-14H2,1H3,(H,21,27)(H,22,24)(H,25,26)/t16-,17-/m0/s1. The number of aliphatic hydroxyl groups is 1. The van der Waals surface area contributed by atoms with Crippen LogP contribution in [0.5, 0.6) is 0 Å². The number of carbonyl (C=O) groups excluding carboxylic acids is 2. The number of carboxylic acid groups (broad SMARTS) is 1. The van der Waals surface area contributed by atoms with Crippen LogP contribution in [0.3, 0.4) is 0 Å². The van der Waals surface area contributed by atoms with E-state index in [9.17, 15) is 24.6 Å². The van der Waals surface area contributed by atoms with Gasteiger partial charge in [0.15, 0.2) is 0 Å². The molecule has 2 atom stereocenters. The van der Waals surface area contributed by atoms with Gasteiger partial charge in [0.05, 0.1) is 12.5 Å². The first-order valence-electron chi connectivity index (χ1n) is 9.57. The normalized spacial score (nSPS) is 12.6. The molecule has 8 heteroatoms. The summed E-state index contributed by atoms with van der Waals surface area (Å²) in [4.78, 5) is 34.8. The lowest BCUT2D eigenvalue weighted by Gasteiger charge is -2.16. The van der Waals surface area contributed by atoms with Crippen molar-refractivity contribution < 1.29 is 29.3 Å². The maximum Gasteiger partial charge on any atom is 0.407 e. The highest BCUT2D eigenvalue weighted by Crippen LogP contribution is 2.06. The Morgan fingerprint density at radius 1 is 1.11 bits per heavy atom. The van der Waals surface area contributed by atoms with Gasteiger partial charge in [-0.2, -0.15) is 0 Å². The van der Waals surface area contributed by atoms with Gasteiger partial charge in [-0.25, -0.2) is 9.59 Å². The van der Waals surface area contributed by atoms with Crippen LogP contribution in [-0.4, -0.2) is 46.9 Å². The number of amides is 2. The lowest BCUT2D eigenvalue weighted by Crippen LogP contribution is -2.43. The van der Waals surface area contributed by atoms with E-state index in [2.05, 4.69) is 17.6 Å². The number of hydrogen-bond acceptors (Lipinski definition) is 5. The summed E-state index contributed by atoms with van der Waals surface area (Å²) in [5.41, 5.74) is 0.830. The number of carbonyl (C=O) groups is 3. The Hall–Kier alpha value is -2.61. The van der Waals surface area contributed by atoms with Crippen LogP contribution in [-0.2, 0) is 20.9 Å². The largest absolute Gasteiger partial charge is 0.480 e. The van der Waals surface area contributed by atoms with Crippen molar-refractivity contribution in [3.63, 3.8) is 0 Å². The van der Waals surface area contributed by atoms with Crippen molar-refractivity contribution in [2.45, 2.75) is 64.2 Å². The van der Waals surface area contributed by atoms with Gasteiger partial charge in [0.2, 0.25) is 5.91 Å². The molecule has 0 spiro atoms. The number of rotatable bonds is 13. The topological polar surface area (TPSA) is 125 Å². The quantitative estimate of drug-likeness (QED) is 0.380. The summed E-state index contributed by atoms with van der Waals surface area (Å²) < 4.78 is 5.00. The van der Waals surface area contributed by atoms with Crippen molar-refractivity contribution in [3.8, 4) is 0 Å². The van der Waals surface area contributed by atoms with Gasteiger partial charge in [-0.05, 0) is 12.0 Å². The molecule has 0 aromatic heterocycles. The van der Waals surface area contributed by atoms with Crippen LogP contribution >= 0.6 is 0 Å². The second kappa shape index (κ2) is 13.5. The zero-order valence-electron chi connectivity index (χ0n) is 16.2. The predicted octanol–water partition coefficient (Wildman–Crippen LogP) is 2.20. The van der Waals surface area contributed by atoms with Gasteiger partial charge in [0, 0.05) is 6.54 Å². The number of unbranched alkanes of at least 4 members (excludes halogenated alkanes) is 3. The maximum atomic E-state index is 11.9. The lowest BCUT2D eigenvalue weighted by molar-refractivity contribution is -0.142. The minimum Gasteiger partial charge on any atom is -0.480 e. The number of benzene rings is 1. The summed E-state index contributed by atoms with van der Waals surface area (Å²) >= 11 is 0.